The molecule has 144 valence electrons. The maximum Gasteiger partial charge on any atom is 0.229 e. The molecule has 4 rings (SSSR count). The minimum absolute atomic E-state index is 0.581. The van der Waals surface area contributed by atoms with Crippen LogP contribution in [0, 0.1) is 6.92 Å². The van der Waals surface area contributed by atoms with Gasteiger partial charge >= 0.3 is 0 Å². The standard InChI is InChI=1S/C20H23N7O/c1-15-13-18(25-19(23-15)24-16-5-3-6-17(14-16)28-2)26-9-11-27(12-10-26)20-21-7-4-8-22-20/h3-8,13-14H,9-12H2,1-2H3,(H,23,24,25). The molecule has 1 fully saturated rings. The van der Waals surface area contributed by atoms with Crippen LogP contribution in [0.15, 0.2) is 48.8 Å². The molecule has 0 spiro atoms. The highest BCUT2D eigenvalue weighted by molar-refractivity contribution is 5.58. The highest BCUT2D eigenvalue weighted by Gasteiger charge is 2.20. The van der Waals surface area contributed by atoms with E-state index in [1.165, 1.54) is 0 Å². The van der Waals surface area contributed by atoms with Crippen molar-refractivity contribution in [3.63, 3.8) is 0 Å². The lowest BCUT2D eigenvalue weighted by atomic mass is 10.3. The van der Waals surface area contributed by atoms with Crippen molar-refractivity contribution < 1.29 is 4.74 Å². The van der Waals surface area contributed by atoms with Gasteiger partial charge in [0.2, 0.25) is 11.9 Å². The molecule has 1 saturated heterocycles. The Balaban J connectivity index is 1.47. The second-order valence-electron chi connectivity index (χ2n) is 6.57. The summed E-state index contributed by atoms with van der Waals surface area (Å²) in [5, 5.41) is 3.27. The number of aromatic nitrogens is 4. The van der Waals surface area contributed by atoms with Crippen LogP contribution in [0.5, 0.6) is 5.75 Å². The van der Waals surface area contributed by atoms with Gasteiger partial charge in [-0.2, -0.15) is 4.98 Å². The molecule has 8 heteroatoms. The second-order valence-corrected chi connectivity index (χ2v) is 6.57. The van der Waals surface area contributed by atoms with Gasteiger partial charge in [-0.15, -0.1) is 0 Å². The molecule has 1 N–H and O–H groups in total. The summed E-state index contributed by atoms with van der Waals surface area (Å²) >= 11 is 0. The Morgan fingerprint density at radius 3 is 2.43 bits per heavy atom. The van der Waals surface area contributed by atoms with Crippen molar-refractivity contribution >= 4 is 23.4 Å². The van der Waals surface area contributed by atoms with E-state index in [1.807, 2.05) is 43.3 Å². The van der Waals surface area contributed by atoms with Crippen LogP contribution >= 0.6 is 0 Å². The van der Waals surface area contributed by atoms with E-state index in [1.54, 1.807) is 19.5 Å². The summed E-state index contributed by atoms with van der Waals surface area (Å²) in [6.07, 6.45) is 3.55. The first-order valence-corrected chi connectivity index (χ1v) is 9.25. The van der Waals surface area contributed by atoms with Gasteiger partial charge in [-0.05, 0) is 25.1 Å². The highest BCUT2D eigenvalue weighted by atomic mass is 16.5. The molecule has 1 aliphatic rings. The number of ether oxygens (including phenoxy) is 1. The van der Waals surface area contributed by atoms with E-state index in [-0.39, 0.29) is 0 Å². The molecule has 0 saturated carbocycles. The summed E-state index contributed by atoms with van der Waals surface area (Å²) in [6, 6.07) is 11.6. The van der Waals surface area contributed by atoms with E-state index in [0.717, 1.165) is 55.1 Å². The van der Waals surface area contributed by atoms with Crippen molar-refractivity contribution in [3.05, 3.63) is 54.5 Å². The van der Waals surface area contributed by atoms with Gasteiger partial charge in [-0.3, -0.25) is 0 Å². The number of rotatable bonds is 5. The minimum atomic E-state index is 0.581. The first-order chi connectivity index (χ1) is 13.7. The van der Waals surface area contributed by atoms with Gasteiger partial charge in [0.25, 0.3) is 0 Å². The van der Waals surface area contributed by atoms with Crippen LogP contribution in [0.1, 0.15) is 5.69 Å². The summed E-state index contributed by atoms with van der Waals surface area (Å²) in [4.78, 5) is 22.4. The van der Waals surface area contributed by atoms with E-state index < -0.39 is 0 Å². The number of piperazine rings is 1. The smallest absolute Gasteiger partial charge is 0.229 e. The summed E-state index contributed by atoms with van der Waals surface area (Å²) in [6.45, 7) is 5.40. The number of hydrogen-bond acceptors (Lipinski definition) is 8. The third kappa shape index (κ3) is 4.11. The number of methoxy groups -OCH3 is 1. The van der Waals surface area contributed by atoms with Crippen LogP contribution in [0.3, 0.4) is 0 Å². The summed E-state index contributed by atoms with van der Waals surface area (Å²) < 4.78 is 5.28. The lowest BCUT2D eigenvalue weighted by molar-refractivity contribution is 0.415. The lowest BCUT2D eigenvalue weighted by Crippen LogP contribution is -2.47. The van der Waals surface area contributed by atoms with E-state index in [2.05, 4.69) is 30.1 Å². The maximum absolute atomic E-state index is 5.28. The molecular weight excluding hydrogens is 354 g/mol. The van der Waals surface area contributed by atoms with Crippen LogP contribution in [0.2, 0.25) is 0 Å². The average Bonchev–Trinajstić information content (AvgIpc) is 2.74. The molecule has 28 heavy (non-hydrogen) atoms. The van der Waals surface area contributed by atoms with E-state index >= 15 is 0 Å². The molecule has 3 aromatic rings. The normalized spacial score (nSPS) is 14.1. The van der Waals surface area contributed by atoms with Gasteiger partial charge in [-0.25, -0.2) is 15.0 Å². The Bertz CT molecular complexity index is 927. The van der Waals surface area contributed by atoms with E-state index in [4.69, 9.17) is 9.72 Å². The Kier molecular flexibility index (Phi) is 5.18. The fraction of sp³-hybridized carbons (Fsp3) is 0.300. The van der Waals surface area contributed by atoms with Gasteiger partial charge in [0.15, 0.2) is 0 Å². The van der Waals surface area contributed by atoms with Crippen LogP contribution in [0.25, 0.3) is 0 Å². The largest absolute Gasteiger partial charge is 0.497 e. The van der Waals surface area contributed by atoms with E-state index in [0.29, 0.717) is 5.95 Å². The van der Waals surface area contributed by atoms with E-state index in [9.17, 15) is 0 Å². The molecule has 1 aliphatic heterocycles. The number of anilines is 4. The van der Waals surface area contributed by atoms with Gasteiger partial charge in [0.05, 0.1) is 7.11 Å². The Morgan fingerprint density at radius 1 is 0.929 bits per heavy atom. The zero-order valence-electron chi connectivity index (χ0n) is 16.0. The molecule has 2 aromatic heterocycles. The Morgan fingerprint density at radius 2 is 1.68 bits per heavy atom. The highest BCUT2D eigenvalue weighted by Crippen LogP contribution is 2.22. The molecule has 0 unspecified atom stereocenters. The summed E-state index contributed by atoms with van der Waals surface area (Å²) in [5.41, 5.74) is 1.81. The van der Waals surface area contributed by atoms with Crippen molar-refractivity contribution in [3.8, 4) is 5.75 Å². The van der Waals surface area contributed by atoms with Gasteiger partial charge in [0, 0.05) is 62.1 Å². The number of nitrogens with one attached hydrogen (secondary N) is 1. The van der Waals surface area contributed by atoms with Crippen molar-refractivity contribution in [1.82, 2.24) is 19.9 Å². The van der Waals surface area contributed by atoms with Crippen molar-refractivity contribution in [2.24, 2.45) is 0 Å². The third-order valence-electron chi connectivity index (χ3n) is 4.61. The average molecular weight is 377 g/mol. The quantitative estimate of drug-likeness (QED) is 0.727. The van der Waals surface area contributed by atoms with Gasteiger partial charge in [-0.1, -0.05) is 6.07 Å². The molecule has 0 bridgehead atoms. The summed E-state index contributed by atoms with van der Waals surface area (Å²) in [7, 11) is 1.65. The predicted molar refractivity (Wildman–Crippen MR) is 110 cm³/mol. The molecule has 3 heterocycles. The molecule has 0 radical (unpaired) electrons. The third-order valence-corrected chi connectivity index (χ3v) is 4.61. The molecule has 0 amide bonds. The summed E-state index contributed by atoms with van der Waals surface area (Å²) in [5.74, 6) is 3.07. The first-order valence-electron chi connectivity index (χ1n) is 9.25. The molecule has 8 nitrogen and oxygen atoms in total. The molecule has 0 atom stereocenters. The fourth-order valence-electron chi connectivity index (χ4n) is 3.19. The topological polar surface area (TPSA) is 79.3 Å². The zero-order chi connectivity index (χ0) is 19.3. The van der Waals surface area contributed by atoms with Crippen LogP contribution in [-0.2, 0) is 0 Å². The monoisotopic (exact) mass is 377 g/mol. The minimum Gasteiger partial charge on any atom is -0.497 e. The van der Waals surface area contributed by atoms with Crippen molar-refractivity contribution in [2.75, 3.05) is 48.4 Å². The van der Waals surface area contributed by atoms with Gasteiger partial charge < -0.3 is 19.9 Å². The SMILES string of the molecule is COc1cccc(Nc2nc(C)cc(N3CCN(c4ncccn4)CC3)n2)c1. The molecular formula is C20H23N7O. The fourth-order valence-corrected chi connectivity index (χ4v) is 3.19. The van der Waals surface area contributed by atoms with Gasteiger partial charge in [0.1, 0.15) is 11.6 Å². The van der Waals surface area contributed by atoms with Crippen molar-refractivity contribution in [1.29, 1.82) is 0 Å². The molecule has 1 aromatic carbocycles. The number of aryl methyl sites for hydroxylation is 1. The number of nitrogens with zero attached hydrogens (tertiary/aromatic N) is 6. The zero-order valence-corrected chi connectivity index (χ0v) is 16.0. The molecule has 0 aliphatic carbocycles. The van der Waals surface area contributed by atoms with Crippen LogP contribution < -0.4 is 19.9 Å². The Labute approximate surface area is 164 Å². The lowest BCUT2D eigenvalue weighted by Gasteiger charge is -2.35. The second kappa shape index (κ2) is 8.08. The van der Waals surface area contributed by atoms with Crippen molar-refractivity contribution in [2.45, 2.75) is 6.92 Å². The first kappa shape index (κ1) is 18.0. The number of benzene rings is 1. The number of hydrogen-bond donors (Lipinski definition) is 1. The predicted octanol–water partition coefficient (Wildman–Crippen LogP) is 2.65. The van der Waals surface area contributed by atoms with Crippen LogP contribution in [-0.4, -0.2) is 53.2 Å². The Hall–Kier alpha value is -3.42. The maximum atomic E-state index is 5.28. The van der Waals surface area contributed by atoms with Crippen LogP contribution in [0.4, 0.5) is 23.4 Å².